The highest BCUT2D eigenvalue weighted by Crippen LogP contribution is 2.41. The van der Waals surface area contributed by atoms with Crippen LogP contribution in [0.25, 0.3) is 6.08 Å². The van der Waals surface area contributed by atoms with Gasteiger partial charge in [0, 0.05) is 43.5 Å². The zero-order chi connectivity index (χ0) is 25.1. The van der Waals surface area contributed by atoms with Gasteiger partial charge in [-0.1, -0.05) is 24.3 Å². The van der Waals surface area contributed by atoms with E-state index in [1.54, 1.807) is 47.5 Å². The number of carbonyl (C=O) groups excluding carboxylic acids is 3. The number of benzene rings is 1. The van der Waals surface area contributed by atoms with E-state index in [2.05, 4.69) is 10.3 Å². The number of rotatable bonds is 6. The van der Waals surface area contributed by atoms with E-state index in [9.17, 15) is 18.8 Å². The van der Waals surface area contributed by atoms with Crippen LogP contribution in [0.5, 0.6) is 0 Å². The normalized spacial score (nSPS) is 25.1. The van der Waals surface area contributed by atoms with Crippen LogP contribution < -0.4 is 5.32 Å². The summed E-state index contributed by atoms with van der Waals surface area (Å²) in [5.41, 5.74) is -0.433. The van der Waals surface area contributed by atoms with Crippen LogP contribution in [0.3, 0.4) is 0 Å². The minimum Gasteiger partial charge on any atom is -0.376 e. The lowest BCUT2D eigenvalue weighted by Gasteiger charge is -2.40. The largest absolute Gasteiger partial charge is 0.376 e. The summed E-state index contributed by atoms with van der Waals surface area (Å²) in [5.74, 6) is -1.16. The minimum atomic E-state index is -1.28. The first-order valence-electron chi connectivity index (χ1n) is 12.4. The summed E-state index contributed by atoms with van der Waals surface area (Å²) in [7, 11) is 0. The van der Waals surface area contributed by atoms with Gasteiger partial charge in [0.05, 0.1) is 18.3 Å². The highest BCUT2D eigenvalue weighted by atomic mass is 19.1. The van der Waals surface area contributed by atoms with Crippen LogP contribution in [0.4, 0.5) is 9.18 Å². The molecule has 0 bridgehead atoms. The summed E-state index contributed by atoms with van der Waals surface area (Å²) in [5, 5.41) is 2.98. The summed E-state index contributed by atoms with van der Waals surface area (Å²) >= 11 is 0. The molecule has 9 heteroatoms. The first-order valence-corrected chi connectivity index (χ1v) is 12.4. The van der Waals surface area contributed by atoms with Crippen LogP contribution in [-0.2, 0) is 19.9 Å². The number of pyridine rings is 1. The Labute approximate surface area is 209 Å². The lowest BCUT2D eigenvalue weighted by atomic mass is 9.75. The molecule has 0 radical (unpaired) electrons. The number of aromatic nitrogens is 1. The molecule has 8 nitrogen and oxygen atoms in total. The highest BCUT2D eigenvalue weighted by molar-refractivity contribution is 6.07. The van der Waals surface area contributed by atoms with Crippen LogP contribution in [0.1, 0.15) is 36.9 Å². The molecule has 3 saturated heterocycles. The molecule has 3 fully saturated rings. The summed E-state index contributed by atoms with van der Waals surface area (Å²) in [4.78, 5) is 47.1. The third-order valence-corrected chi connectivity index (χ3v) is 7.34. The van der Waals surface area contributed by atoms with Gasteiger partial charge in [0.2, 0.25) is 5.91 Å². The van der Waals surface area contributed by atoms with E-state index in [0.717, 1.165) is 12.8 Å². The number of urea groups is 1. The molecule has 36 heavy (non-hydrogen) atoms. The number of hydrogen-bond donors (Lipinski definition) is 1. The number of amides is 4. The first-order chi connectivity index (χ1) is 17.5. The summed E-state index contributed by atoms with van der Waals surface area (Å²) in [6.07, 6.45) is 7.06. The molecule has 3 aliphatic heterocycles. The zero-order valence-corrected chi connectivity index (χ0v) is 19.9. The van der Waals surface area contributed by atoms with Crippen LogP contribution in [-0.4, -0.2) is 65.0 Å². The number of nitrogens with one attached hydrogen (secondary N) is 1. The van der Waals surface area contributed by atoms with E-state index < -0.39 is 11.6 Å². The molecular weight excluding hydrogens is 463 g/mol. The van der Waals surface area contributed by atoms with Crippen molar-refractivity contribution in [3.05, 3.63) is 71.8 Å². The summed E-state index contributed by atoms with van der Waals surface area (Å²) in [6, 6.07) is 11.2. The van der Waals surface area contributed by atoms with Crippen molar-refractivity contribution in [3.8, 4) is 0 Å². The minimum absolute atomic E-state index is 0.153. The van der Waals surface area contributed by atoms with Gasteiger partial charge in [-0.2, -0.15) is 0 Å². The summed E-state index contributed by atoms with van der Waals surface area (Å²) in [6.45, 7) is 1.68. The van der Waals surface area contributed by atoms with Crippen molar-refractivity contribution in [3.63, 3.8) is 0 Å². The van der Waals surface area contributed by atoms with Crippen molar-refractivity contribution in [2.45, 2.75) is 37.3 Å². The van der Waals surface area contributed by atoms with E-state index in [-0.39, 0.29) is 36.2 Å². The fourth-order valence-corrected chi connectivity index (χ4v) is 5.42. The van der Waals surface area contributed by atoms with Gasteiger partial charge in [0.1, 0.15) is 5.82 Å². The molecule has 0 unspecified atom stereocenters. The number of likely N-dealkylation sites (tertiary alicyclic amines) is 1. The third-order valence-electron chi connectivity index (χ3n) is 7.34. The van der Waals surface area contributed by atoms with Gasteiger partial charge in [-0.15, -0.1) is 0 Å². The van der Waals surface area contributed by atoms with Gasteiger partial charge >= 0.3 is 6.03 Å². The molecule has 188 valence electrons. The molecular formula is C27H29FN4O4. The Morgan fingerprint density at radius 2 is 1.92 bits per heavy atom. The topological polar surface area (TPSA) is 91.8 Å². The van der Waals surface area contributed by atoms with Crippen molar-refractivity contribution in [2.75, 3.05) is 26.2 Å². The number of carbonyl (C=O) groups is 3. The molecule has 1 aromatic heterocycles. The average Bonchev–Trinajstić information content (AvgIpc) is 3.51. The standard InChI is InChI=1S/C27H29FN4O4/c28-22-8-2-1-6-19(22)10-11-24(33)31-15-12-20(13-16-31)27(23-9-3-4-14-29-23)25(34)32(26(35)30-27)18-21-7-5-17-36-21/h1-4,6,8-11,14,20-21H,5,7,12-13,15-18H2,(H,30,35)/b11-10+/t21-,27+/m1/s1. The molecule has 4 amide bonds. The van der Waals surface area contributed by atoms with Crippen LogP contribution in [0.15, 0.2) is 54.7 Å². The van der Waals surface area contributed by atoms with Crippen molar-refractivity contribution >= 4 is 23.9 Å². The maximum Gasteiger partial charge on any atom is 0.325 e. The van der Waals surface area contributed by atoms with Crippen LogP contribution in [0, 0.1) is 11.7 Å². The average molecular weight is 493 g/mol. The van der Waals surface area contributed by atoms with Gasteiger partial charge in [0.25, 0.3) is 5.91 Å². The molecule has 3 aliphatic rings. The van der Waals surface area contributed by atoms with Gasteiger partial charge in [-0.3, -0.25) is 19.5 Å². The zero-order valence-electron chi connectivity index (χ0n) is 19.9. The second-order valence-electron chi connectivity index (χ2n) is 9.46. The van der Waals surface area contributed by atoms with Gasteiger partial charge in [-0.25, -0.2) is 9.18 Å². The molecule has 1 aromatic carbocycles. The Kier molecular flexibility index (Phi) is 6.82. The fraction of sp³-hybridized carbons (Fsp3) is 0.407. The predicted molar refractivity (Wildman–Crippen MR) is 130 cm³/mol. The smallest absolute Gasteiger partial charge is 0.325 e. The number of imide groups is 1. The van der Waals surface area contributed by atoms with Gasteiger partial charge in [-0.05, 0) is 50.0 Å². The first kappa shape index (κ1) is 24.1. The van der Waals surface area contributed by atoms with Crippen LogP contribution >= 0.6 is 0 Å². The lowest BCUT2D eigenvalue weighted by Crippen LogP contribution is -2.54. The monoisotopic (exact) mass is 492 g/mol. The number of nitrogens with zero attached hydrogens (tertiary/aromatic N) is 3. The van der Waals surface area contributed by atoms with Gasteiger partial charge in [0.15, 0.2) is 5.54 Å². The second-order valence-corrected chi connectivity index (χ2v) is 9.46. The molecule has 0 aliphatic carbocycles. The van der Waals surface area contributed by atoms with Crippen molar-refractivity contribution in [2.24, 2.45) is 5.92 Å². The fourth-order valence-electron chi connectivity index (χ4n) is 5.42. The van der Waals surface area contributed by atoms with Crippen molar-refractivity contribution in [1.29, 1.82) is 0 Å². The van der Waals surface area contributed by atoms with Crippen molar-refractivity contribution < 1.29 is 23.5 Å². The maximum atomic E-state index is 13.9. The Bertz CT molecular complexity index is 1160. The van der Waals surface area contributed by atoms with E-state index >= 15 is 0 Å². The Morgan fingerprint density at radius 3 is 2.61 bits per heavy atom. The Hall–Kier alpha value is -3.59. The third kappa shape index (κ3) is 4.51. The molecule has 2 atom stereocenters. The predicted octanol–water partition coefficient (Wildman–Crippen LogP) is 3.10. The number of ether oxygens (including phenoxy) is 1. The highest BCUT2D eigenvalue weighted by Gasteiger charge is 2.58. The molecule has 0 spiro atoms. The van der Waals surface area contributed by atoms with E-state index in [4.69, 9.17) is 4.74 Å². The van der Waals surface area contributed by atoms with E-state index in [1.807, 2.05) is 0 Å². The van der Waals surface area contributed by atoms with Crippen LogP contribution in [0.2, 0.25) is 0 Å². The summed E-state index contributed by atoms with van der Waals surface area (Å²) < 4.78 is 19.5. The van der Waals surface area contributed by atoms with Crippen molar-refractivity contribution in [1.82, 2.24) is 20.1 Å². The number of piperidine rings is 1. The lowest BCUT2D eigenvalue weighted by molar-refractivity contribution is -0.136. The Morgan fingerprint density at radius 1 is 1.14 bits per heavy atom. The number of hydrogen-bond acceptors (Lipinski definition) is 5. The maximum absolute atomic E-state index is 13.9. The Balaban J connectivity index is 1.33. The SMILES string of the molecule is O=C(/C=C/c1ccccc1F)N1CCC([C@@]2(c3ccccn3)NC(=O)N(C[C@H]3CCCO3)C2=O)CC1. The molecule has 4 heterocycles. The quantitative estimate of drug-likeness (QED) is 0.494. The second kappa shape index (κ2) is 10.2. The molecule has 5 rings (SSSR count). The van der Waals surface area contributed by atoms with E-state index in [0.29, 0.717) is 43.8 Å². The molecule has 2 aromatic rings. The molecule has 0 saturated carbocycles. The van der Waals surface area contributed by atoms with E-state index in [1.165, 1.54) is 23.1 Å². The molecule has 1 N–H and O–H groups in total. The van der Waals surface area contributed by atoms with Gasteiger partial charge < -0.3 is 15.0 Å². The number of halogens is 1.